The van der Waals surface area contributed by atoms with E-state index >= 15 is 0 Å². The molecular formula is C11H14O2. The lowest BCUT2D eigenvalue weighted by Gasteiger charge is -2.25. The molecule has 1 N–H and O–H groups in total. The summed E-state index contributed by atoms with van der Waals surface area (Å²) in [6, 6.07) is 5.55. The topological polar surface area (TPSA) is 29.5 Å². The van der Waals surface area contributed by atoms with Crippen LogP contribution in [-0.2, 0) is 11.2 Å². The molecule has 0 fully saturated rings. The van der Waals surface area contributed by atoms with Crippen molar-refractivity contribution in [2.75, 3.05) is 6.61 Å². The van der Waals surface area contributed by atoms with Crippen molar-refractivity contribution >= 4 is 0 Å². The van der Waals surface area contributed by atoms with Crippen molar-refractivity contribution in [2.45, 2.75) is 25.9 Å². The van der Waals surface area contributed by atoms with Gasteiger partial charge in [-0.1, -0.05) is 13.0 Å². The Bertz CT molecular complexity index is 307. The van der Waals surface area contributed by atoms with E-state index in [1.165, 1.54) is 11.1 Å². The lowest BCUT2D eigenvalue weighted by atomic mass is 9.96. The maximum atomic E-state index is 9.31. The maximum absolute atomic E-state index is 9.31. The second-order valence-corrected chi connectivity index (χ2v) is 3.40. The number of phenolic OH excluding ortho intramolecular Hbond substituents is 1. The molecular weight excluding hydrogens is 164 g/mol. The molecule has 13 heavy (non-hydrogen) atoms. The molecule has 0 aromatic heterocycles. The van der Waals surface area contributed by atoms with Crippen LogP contribution in [0.1, 0.15) is 30.6 Å². The molecule has 0 amide bonds. The number of hydrogen-bond donors (Lipinski definition) is 1. The zero-order valence-corrected chi connectivity index (χ0v) is 7.79. The van der Waals surface area contributed by atoms with Crippen molar-refractivity contribution in [3.63, 3.8) is 0 Å². The average Bonchev–Trinajstić information content (AvgIpc) is 2.16. The third-order valence-electron chi connectivity index (χ3n) is 2.53. The Morgan fingerprint density at radius 3 is 3.15 bits per heavy atom. The Hall–Kier alpha value is -1.02. The summed E-state index contributed by atoms with van der Waals surface area (Å²) >= 11 is 0. The van der Waals surface area contributed by atoms with Gasteiger partial charge >= 0.3 is 0 Å². The van der Waals surface area contributed by atoms with E-state index in [-0.39, 0.29) is 6.10 Å². The second kappa shape index (κ2) is 3.38. The van der Waals surface area contributed by atoms with Gasteiger partial charge in [-0.25, -0.2) is 0 Å². The summed E-state index contributed by atoms with van der Waals surface area (Å²) < 4.78 is 5.61. The summed E-state index contributed by atoms with van der Waals surface area (Å²) in [5.41, 5.74) is 2.48. The Balaban J connectivity index is 2.40. The number of aromatic hydroxyl groups is 1. The van der Waals surface area contributed by atoms with Gasteiger partial charge < -0.3 is 9.84 Å². The first-order chi connectivity index (χ1) is 6.31. The van der Waals surface area contributed by atoms with Crippen molar-refractivity contribution in [1.82, 2.24) is 0 Å². The van der Waals surface area contributed by atoms with E-state index in [0.717, 1.165) is 19.4 Å². The summed E-state index contributed by atoms with van der Waals surface area (Å²) in [5.74, 6) is 0.357. The van der Waals surface area contributed by atoms with Gasteiger partial charge in [0, 0.05) is 0 Å². The quantitative estimate of drug-likeness (QED) is 0.715. The first-order valence-corrected chi connectivity index (χ1v) is 4.74. The molecule has 0 radical (unpaired) electrons. The van der Waals surface area contributed by atoms with Crippen LogP contribution in [0, 0.1) is 0 Å². The smallest absolute Gasteiger partial charge is 0.115 e. The third-order valence-corrected chi connectivity index (χ3v) is 2.53. The fourth-order valence-electron chi connectivity index (χ4n) is 1.86. The Morgan fingerprint density at radius 1 is 1.54 bits per heavy atom. The fraction of sp³-hybridized carbons (Fsp3) is 0.455. The molecule has 1 heterocycles. The summed E-state index contributed by atoms with van der Waals surface area (Å²) in [7, 11) is 0. The zero-order chi connectivity index (χ0) is 9.26. The summed E-state index contributed by atoms with van der Waals surface area (Å²) in [6.07, 6.45) is 2.14. The number of hydrogen-bond acceptors (Lipinski definition) is 2. The van der Waals surface area contributed by atoms with Crippen LogP contribution >= 0.6 is 0 Å². The predicted octanol–water partition coefficient (Wildman–Crippen LogP) is 2.42. The van der Waals surface area contributed by atoms with Crippen LogP contribution < -0.4 is 0 Å². The van der Waals surface area contributed by atoms with Crippen LogP contribution in [0.15, 0.2) is 18.2 Å². The van der Waals surface area contributed by atoms with Crippen LogP contribution in [0.25, 0.3) is 0 Å². The molecule has 1 aromatic carbocycles. The lowest BCUT2D eigenvalue weighted by molar-refractivity contribution is 0.0398. The molecule has 0 saturated heterocycles. The maximum Gasteiger partial charge on any atom is 0.115 e. The number of phenols is 1. The molecule has 2 rings (SSSR count). The van der Waals surface area contributed by atoms with Crippen molar-refractivity contribution in [1.29, 1.82) is 0 Å². The minimum absolute atomic E-state index is 0.226. The first-order valence-electron chi connectivity index (χ1n) is 4.74. The second-order valence-electron chi connectivity index (χ2n) is 3.40. The summed E-state index contributed by atoms with van der Waals surface area (Å²) in [6.45, 7) is 2.89. The third kappa shape index (κ3) is 1.54. The van der Waals surface area contributed by atoms with Crippen molar-refractivity contribution in [3.05, 3.63) is 29.3 Å². The molecule has 0 aliphatic carbocycles. The summed E-state index contributed by atoms with van der Waals surface area (Å²) in [4.78, 5) is 0. The molecule has 2 nitrogen and oxygen atoms in total. The minimum atomic E-state index is 0.226. The van der Waals surface area contributed by atoms with Gasteiger partial charge in [0.2, 0.25) is 0 Å². The van der Waals surface area contributed by atoms with Crippen LogP contribution in [0.5, 0.6) is 5.75 Å². The van der Waals surface area contributed by atoms with Crippen LogP contribution in [0.3, 0.4) is 0 Å². The minimum Gasteiger partial charge on any atom is -0.508 e. The van der Waals surface area contributed by atoms with Gasteiger partial charge in [0.15, 0.2) is 0 Å². The van der Waals surface area contributed by atoms with E-state index in [1.54, 1.807) is 6.07 Å². The fourth-order valence-corrected chi connectivity index (χ4v) is 1.86. The molecule has 0 saturated carbocycles. The Kier molecular flexibility index (Phi) is 2.23. The van der Waals surface area contributed by atoms with Gasteiger partial charge in [0.1, 0.15) is 5.75 Å². The number of fused-ring (bicyclic) bond motifs is 1. The SMILES string of the molecule is CCC1OCCc2cc(O)ccc21. The molecule has 1 atom stereocenters. The summed E-state index contributed by atoms with van der Waals surface area (Å²) in [5, 5.41) is 9.31. The zero-order valence-electron chi connectivity index (χ0n) is 7.79. The standard InChI is InChI=1S/C11H14O2/c1-2-11-10-4-3-9(12)7-8(10)5-6-13-11/h3-4,7,11-12H,2,5-6H2,1H3. The predicted molar refractivity (Wildman–Crippen MR) is 50.8 cm³/mol. The van der Waals surface area contributed by atoms with Gasteiger partial charge in [0.05, 0.1) is 12.7 Å². The van der Waals surface area contributed by atoms with Gasteiger partial charge in [-0.2, -0.15) is 0 Å². The highest BCUT2D eigenvalue weighted by Gasteiger charge is 2.18. The number of rotatable bonds is 1. The van der Waals surface area contributed by atoms with Crippen molar-refractivity contribution in [3.8, 4) is 5.75 Å². The monoisotopic (exact) mass is 178 g/mol. The van der Waals surface area contributed by atoms with Crippen molar-refractivity contribution in [2.24, 2.45) is 0 Å². The van der Waals surface area contributed by atoms with Crippen LogP contribution in [-0.4, -0.2) is 11.7 Å². The first kappa shape index (κ1) is 8.57. The van der Waals surface area contributed by atoms with Crippen LogP contribution in [0.4, 0.5) is 0 Å². The molecule has 70 valence electrons. The Morgan fingerprint density at radius 2 is 2.38 bits per heavy atom. The molecule has 1 aromatic rings. The Labute approximate surface area is 78.2 Å². The number of benzene rings is 1. The van der Waals surface area contributed by atoms with Crippen molar-refractivity contribution < 1.29 is 9.84 Å². The van der Waals surface area contributed by atoms with Crippen LogP contribution in [0.2, 0.25) is 0 Å². The lowest BCUT2D eigenvalue weighted by Crippen LogP contribution is -2.15. The van der Waals surface area contributed by atoms with E-state index in [0.29, 0.717) is 5.75 Å². The average molecular weight is 178 g/mol. The van der Waals surface area contributed by atoms with Gasteiger partial charge in [-0.15, -0.1) is 0 Å². The van der Waals surface area contributed by atoms with Gasteiger partial charge in [0.25, 0.3) is 0 Å². The molecule has 1 unspecified atom stereocenters. The van der Waals surface area contributed by atoms with E-state index in [4.69, 9.17) is 4.74 Å². The molecule has 0 spiro atoms. The van der Waals surface area contributed by atoms with E-state index in [1.807, 2.05) is 12.1 Å². The van der Waals surface area contributed by atoms with E-state index in [9.17, 15) is 5.11 Å². The van der Waals surface area contributed by atoms with E-state index in [2.05, 4.69) is 6.92 Å². The molecule has 1 aliphatic rings. The highest BCUT2D eigenvalue weighted by atomic mass is 16.5. The largest absolute Gasteiger partial charge is 0.508 e. The number of ether oxygens (including phenoxy) is 1. The highest BCUT2D eigenvalue weighted by Crippen LogP contribution is 2.31. The molecule has 1 aliphatic heterocycles. The van der Waals surface area contributed by atoms with Gasteiger partial charge in [-0.05, 0) is 36.1 Å². The normalized spacial score (nSPS) is 21.2. The molecule has 0 bridgehead atoms. The van der Waals surface area contributed by atoms with E-state index < -0.39 is 0 Å². The highest BCUT2D eigenvalue weighted by molar-refractivity contribution is 5.37. The van der Waals surface area contributed by atoms with Gasteiger partial charge in [-0.3, -0.25) is 0 Å². The molecule has 2 heteroatoms.